The van der Waals surface area contributed by atoms with E-state index in [4.69, 9.17) is 23.2 Å². The highest BCUT2D eigenvalue weighted by molar-refractivity contribution is 9.10. The predicted octanol–water partition coefficient (Wildman–Crippen LogP) is 3.80. The molecule has 0 aliphatic heterocycles. The Morgan fingerprint density at radius 2 is 1.94 bits per heavy atom. The van der Waals surface area contributed by atoms with Gasteiger partial charge in [-0.3, -0.25) is 4.79 Å². The normalized spacial score (nSPS) is 10.2. The van der Waals surface area contributed by atoms with E-state index in [-0.39, 0.29) is 11.1 Å². The summed E-state index contributed by atoms with van der Waals surface area (Å²) in [4.78, 5) is 12.0. The quantitative estimate of drug-likeness (QED) is 0.899. The van der Waals surface area contributed by atoms with Crippen molar-refractivity contribution in [2.75, 3.05) is 5.32 Å². The average Bonchev–Trinajstić information content (AvgIpc) is 2.35. The lowest BCUT2D eigenvalue weighted by atomic mass is 10.2. The monoisotopic (exact) mass is 345 g/mol. The summed E-state index contributed by atoms with van der Waals surface area (Å²) < 4.78 is 0.652. The highest BCUT2D eigenvalue weighted by Crippen LogP contribution is 2.26. The van der Waals surface area contributed by atoms with Gasteiger partial charge in [0, 0.05) is 4.47 Å². The van der Waals surface area contributed by atoms with Crippen molar-refractivity contribution < 1.29 is 4.79 Å². The summed E-state index contributed by atoms with van der Waals surface area (Å²) in [6, 6.07) is 8.18. The first-order valence-electron chi connectivity index (χ1n) is 4.82. The topological polar surface area (TPSA) is 54.9 Å². The second-order valence-corrected chi connectivity index (χ2v) is 4.92. The third-order valence-corrected chi connectivity index (χ3v) is 3.57. The molecule has 92 valence electrons. The molecule has 2 aromatic rings. The first kappa shape index (κ1) is 13.3. The van der Waals surface area contributed by atoms with Gasteiger partial charge in [0.15, 0.2) is 11.0 Å². The maximum atomic E-state index is 12.0. The standard InChI is InChI=1S/C11H6BrCl2N3O/c12-7-3-1-2-6(10(7)14)11(18)15-9-5-4-8(13)16-17-9/h1-5H,(H,15,17,18). The molecule has 0 atom stereocenters. The highest BCUT2D eigenvalue weighted by atomic mass is 79.9. The van der Waals surface area contributed by atoms with Gasteiger partial charge in [0.25, 0.3) is 5.91 Å². The number of rotatable bonds is 2. The van der Waals surface area contributed by atoms with Crippen LogP contribution in [-0.2, 0) is 0 Å². The Hall–Kier alpha value is -1.17. The third kappa shape index (κ3) is 2.98. The average molecular weight is 347 g/mol. The summed E-state index contributed by atoms with van der Waals surface area (Å²) >= 11 is 14.9. The second-order valence-electron chi connectivity index (χ2n) is 3.30. The van der Waals surface area contributed by atoms with Crippen LogP contribution in [0.5, 0.6) is 0 Å². The fourth-order valence-electron chi connectivity index (χ4n) is 1.25. The molecule has 18 heavy (non-hydrogen) atoms. The smallest absolute Gasteiger partial charge is 0.258 e. The number of aromatic nitrogens is 2. The van der Waals surface area contributed by atoms with Crippen LogP contribution in [0.1, 0.15) is 10.4 Å². The molecule has 7 heteroatoms. The Bertz CT molecular complexity index is 589. The van der Waals surface area contributed by atoms with Gasteiger partial charge < -0.3 is 5.32 Å². The van der Waals surface area contributed by atoms with Crippen LogP contribution in [0.3, 0.4) is 0 Å². The summed E-state index contributed by atoms with van der Waals surface area (Å²) in [6.07, 6.45) is 0. The Balaban J connectivity index is 2.22. The Morgan fingerprint density at radius 3 is 2.61 bits per heavy atom. The molecule has 1 heterocycles. The second kappa shape index (κ2) is 5.65. The van der Waals surface area contributed by atoms with Crippen LogP contribution in [-0.4, -0.2) is 16.1 Å². The van der Waals surface area contributed by atoms with Crippen molar-refractivity contribution in [1.29, 1.82) is 0 Å². The van der Waals surface area contributed by atoms with E-state index in [1.165, 1.54) is 6.07 Å². The number of anilines is 1. The van der Waals surface area contributed by atoms with Gasteiger partial charge >= 0.3 is 0 Å². The van der Waals surface area contributed by atoms with E-state index < -0.39 is 0 Å². The summed E-state index contributed by atoms with van der Waals surface area (Å²) in [5.41, 5.74) is 0.350. The van der Waals surface area contributed by atoms with Gasteiger partial charge in [-0.05, 0) is 40.2 Å². The van der Waals surface area contributed by atoms with E-state index in [0.717, 1.165) is 0 Å². The van der Waals surface area contributed by atoms with Crippen molar-refractivity contribution in [3.05, 3.63) is 50.5 Å². The minimum atomic E-state index is -0.363. The summed E-state index contributed by atoms with van der Waals surface area (Å²) in [7, 11) is 0. The number of halogens is 3. The van der Waals surface area contributed by atoms with Crippen LogP contribution in [0.4, 0.5) is 5.82 Å². The van der Waals surface area contributed by atoms with Crippen LogP contribution in [0.15, 0.2) is 34.8 Å². The van der Waals surface area contributed by atoms with Crippen LogP contribution >= 0.6 is 39.1 Å². The van der Waals surface area contributed by atoms with Crippen LogP contribution in [0.2, 0.25) is 10.2 Å². The molecule has 0 bridgehead atoms. The molecule has 4 nitrogen and oxygen atoms in total. The molecule has 0 radical (unpaired) electrons. The number of benzene rings is 1. The Labute approximate surface area is 121 Å². The number of carbonyl (C=O) groups excluding carboxylic acids is 1. The van der Waals surface area contributed by atoms with E-state index in [2.05, 4.69) is 31.4 Å². The zero-order valence-electron chi connectivity index (χ0n) is 8.82. The van der Waals surface area contributed by atoms with Crippen molar-refractivity contribution in [3.8, 4) is 0 Å². The first-order chi connectivity index (χ1) is 8.58. The van der Waals surface area contributed by atoms with E-state index in [1.807, 2.05) is 0 Å². The zero-order chi connectivity index (χ0) is 13.1. The highest BCUT2D eigenvalue weighted by Gasteiger charge is 2.13. The summed E-state index contributed by atoms with van der Waals surface area (Å²) in [6.45, 7) is 0. The zero-order valence-corrected chi connectivity index (χ0v) is 11.9. The fraction of sp³-hybridized carbons (Fsp3) is 0. The molecule has 0 fully saturated rings. The number of carbonyl (C=O) groups is 1. The minimum absolute atomic E-state index is 0.258. The molecule has 1 N–H and O–H groups in total. The summed E-state index contributed by atoms with van der Waals surface area (Å²) in [5.74, 6) is -0.0571. The number of nitrogens with one attached hydrogen (secondary N) is 1. The van der Waals surface area contributed by atoms with Crippen LogP contribution < -0.4 is 5.32 Å². The molecule has 0 spiro atoms. The van der Waals surface area contributed by atoms with Crippen LogP contribution in [0, 0.1) is 0 Å². The molecule has 0 aliphatic carbocycles. The summed E-state index contributed by atoms with van der Waals surface area (Å²) in [5, 5.41) is 10.5. The Kier molecular flexibility index (Phi) is 4.16. The lowest BCUT2D eigenvalue weighted by molar-refractivity contribution is 0.102. The molecule has 1 aromatic carbocycles. The van der Waals surface area contributed by atoms with E-state index >= 15 is 0 Å². The molecule has 0 saturated heterocycles. The molecule has 1 amide bonds. The lowest BCUT2D eigenvalue weighted by Crippen LogP contribution is -2.13. The van der Waals surface area contributed by atoms with Gasteiger partial charge in [0.2, 0.25) is 0 Å². The molecule has 0 aliphatic rings. The lowest BCUT2D eigenvalue weighted by Gasteiger charge is -2.06. The molecular weight excluding hydrogens is 341 g/mol. The maximum Gasteiger partial charge on any atom is 0.258 e. The maximum absolute atomic E-state index is 12.0. The molecule has 2 rings (SSSR count). The van der Waals surface area contributed by atoms with Gasteiger partial charge in [0.1, 0.15) is 0 Å². The van der Waals surface area contributed by atoms with Gasteiger partial charge in [-0.15, -0.1) is 10.2 Å². The molecule has 0 saturated carbocycles. The molecular formula is C11H6BrCl2N3O. The van der Waals surface area contributed by atoms with Crippen molar-refractivity contribution >= 4 is 50.9 Å². The third-order valence-electron chi connectivity index (χ3n) is 2.07. The van der Waals surface area contributed by atoms with Crippen molar-refractivity contribution in [2.24, 2.45) is 0 Å². The van der Waals surface area contributed by atoms with E-state index in [9.17, 15) is 4.79 Å². The number of amides is 1. The fourth-order valence-corrected chi connectivity index (χ4v) is 1.92. The molecule has 1 aromatic heterocycles. The van der Waals surface area contributed by atoms with Crippen molar-refractivity contribution in [1.82, 2.24) is 10.2 Å². The number of hydrogen-bond acceptors (Lipinski definition) is 3. The van der Waals surface area contributed by atoms with E-state index in [0.29, 0.717) is 20.9 Å². The van der Waals surface area contributed by atoms with Crippen molar-refractivity contribution in [3.63, 3.8) is 0 Å². The number of hydrogen-bond donors (Lipinski definition) is 1. The number of nitrogens with zero attached hydrogens (tertiary/aromatic N) is 2. The SMILES string of the molecule is O=C(Nc1ccc(Cl)nn1)c1cccc(Br)c1Cl. The first-order valence-corrected chi connectivity index (χ1v) is 6.37. The van der Waals surface area contributed by atoms with Crippen molar-refractivity contribution in [2.45, 2.75) is 0 Å². The largest absolute Gasteiger partial charge is 0.305 e. The predicted molar refractivity (Wildman–Crippen MR) is 74.1 cm³/mol. The molecule has 0 unspecified atom stereocenters. The Morgan fingerprint density at radius 1 is 1.17 bits per heavy atom. The van der Waals surface area contributed by atoms with Gasteiger partial charge in [-0.1, -0.05) is 29.3 Å². The minimum Gasteiger partial charge on any atom is -0.305 e. The van der Waals surface area contributed by atoms with Gasteiger partial charge in [0.05, 0.1) is 10.6 Å². The van der Waals surface area contributed by atoms with Gasteiger partial charge in [-0.2, -0.15) is 0 Å². The van der Waals surface area contributed by atoms with Crippen LogP contribution in [0.25, 0.3) is 0 Å². The van der Waals surface area contributed by atoms with E-state index in [1.54, 1.807) is 24.3 Å². The van der Waals surface area contributed by atoms with Gasteiger partial charge in [-0.25, -0.2) is 0 Å².